The maximum absolute atomic E-state index is 6.50. The highest BCUT2D eigenvalue weighted by Gasteiger charge is 2.20. The van der Waals surface area contributed by atoms with Crippen molar-refractivity contribution < 1.29 is 0 Å². The molecule has 0 radical (unpaired) electrons. The first-order chi connectivity index (χ1) is 10.1. The Labute approximate surface area is 139 Å². The molecule has 0 heterocycles. The molecule has 118 valence electrons. The van der Waals surface area contributed by atoms with Gasteiger partial charge in [0.1, 0.15) is 0 Å². The highest BCUT2D eigenvalue weighted by atomic mass is 35.5. The predicted molar refractivity (Wildman–Crippen MR) is 95.4 cm³/mol. The molecular weight excluding hydrogens is 298 g/mol. The second-order valence-corrected chi connectivity index (χ2v) is 8.15. The quantitative estimate of drug-likeness (QED) is 0.681. The molecule has 21 heavy (non-hydrogen) atoms. The fourth-order valence-electron chi connectivity index (χ4n) is 3.08. The van der Waals surface area contributed by atoms with E-state index in [2.05, 4.69) is 44.3 Å². The van der Waals surface area contributed by atoms with Gasteiger partial charge in [-0.15, -0.1) is 11.8 Å². The van der Waals surface area contributed by atoms with Crippen LogP contribution in [0.3, 0.4) is 0 Å². The molecule has 0 spiro atoms. The van der Waals surface area contributed by atoms with Crippen molar-refractivity contribution in [2.45, 2.75) is 69.1 Å². The van der Waals surface area contributed by atoms with Gasteiger partial charge in [0.05, 0.1) is 0 Å². The highest BCUT2D eigenvalue weighted by molar-refractivity contribution is 8.00. The van der Waals surface area contributed by atoms with Crippen LogP contribution in [-0.4, -0.2) is 11.8 Å². The zero-order chi connectivity index (χ0) is 15.2. The maximum atomic E-state index is 6.50. The van der Waals surface area contributed by atoms with Crippen LogP contribution in [0.5, 0.6) is 0 Å². The Hall–Kier alpha value is -0.180. The molecular formula is C18H28ClNS. The molecule has 0 bridgehead atoms. The van der Waals surface area contributed by atoms with E-state index in [9.17, 15) is 0 Å². The lowest BCUT2D eigenvalue weighted by molar-refractivity contribution is 0.394. The van der Waals surface area contributed by atoms with E-state index in [1.54, 1.807) is 0 Å². The van der Waals surface area contributed by atoms with Gasteiger partial charge in [-0.2, -0.15) is 0 Å². The number of benzene rings is 1. The van der Waals surface area contributed by atoms with Crippen LogP contribution >= 0.6 is 23.4 Å². The molecule has 3 atom stereocenters. The molecule has 1 aliphatic rings. The molecule has 1 aromatic rings. The Morgan fingerprint density at radius 3 is 2.86 bits per heavy atom. The number of hydrogen-bond donors (Lipinski definition) is 1. The summed E-state index contributed by atoms with van der Waals surface area (Å²) in [5.41, 5.74) is 1.21. The van der Waals surface area contributed by atoms with E-state index in [-0.39, 0.29) is 0 Å². The third-order valence-electron chi connectivity index (χ3n) is 4.33. The van der Waals surface area contributed by atoms with Gasteiger partial charge >= 0.3 is 0 Å². The van der Waals surface area contributed by atoms with Crippen molar-refractivity contribution in [3.05, 3.63) is 28.8 Å². The molecule has 1 saturated carbocycles. The SMILES string of the molecule is CCCNC(C)c1ccc(SC2CCCC(C)C2)cc1Cl. The van der Waals surface area contributed by atoms with E-state index in [0.717, 1.165) is 29.2 Å². The Kier molecular flexibility index (Phi) is 6.91. The summed E-state index contributed by atoms with van der Waals surface area (Å²) >= 11 is 8.51. The molecule has 0 aliphatic heterocycles. The Morgan fingerprint density at radius 1 is 1.38 bits per heavy atom. The minimum absolute atomic E-state index is 0.325. The fourth-order valence-corrected chi connectivity index (χ4v) is 4.92. The molecule has 1 aromatic carbocycles. The standard InChI is InChI=1S/C18H28ClNS/c1-4-10-20-14(3)17-9-8-16(12-18(17)19)21-15-7-5-6-13(2)11-15/h8-9,12-15,20H,4-7,10-11H2,1-3H3. The minimum atomic E-state index is 0.325. The van der Waals surface area contributed by atoms with Gasteiger partial charge in [0.15, 0.2) is 0 Å². The first-order valence-electron chi connectivity index (χ1n) is 8.29. The molecule has 1 N–H and O–H groups in total. The van der Waals surface area contributed by atoms with Crippen molar-refractivity contribution in [3.8, 4) is 0 Å². The summed E-state index contributed by atoms with van der Waals surface area (Å²) in [6.07, 6.45) is 6.62. The maximum Gasteiger partial charge on any atom is 0.0464 e. The first kappa shape index (κ1) is 17.2. The van der Waals surface area contributed by atoms with Crippen LogP contribution in [-0.2, 0) is 0 Å². The summed E-state index contributed by atoms with van der Waals surface area (Å²) in [6, 6.07) is 6.93. The lowest BCUT2D eigenvalue weighted by Gasteiger charge is -2.26. The molecule has 1 aliphatic carbocycles. The number of rotatable bonds is 6. The number of hydrogen-bond acceptors (Lipinski definition) is 2. The van der Waals surface area contributed by atoms with Crippen LogP contribution < -0.4 is 5.32 Å². The van der Waals surface area contributed by atoms with Crippen molar-refractivity contribution in [2.75, 3.05) is 6.54 Å². The molecule has 0 amide bonds. The van der Waals surface area contributed by atoms with Crippen LogP contribution in [0.1, 0.15) is 64.5 Å². The summed E-state index contributed by atoms with van der Waals surface area (Å²) in [7, 11) is 0. The van der Waals surface area contributed by atoms with Crippen molar-refractivity contribution in [1.29, 1.82) is 0 Å². The third-order valence-corrected chi connectivity index (χ3v) is 5.94. The molecule has 0 saturated heterocycles. The topological polar surface area (TPSA) is 12.0 Å². The van der Waals surface area contributed by atoms with E-state index in [4.69, 9.17) is 11.6 Å². The normalized spacial score (nSPS) is 24.0. The summed E-state index contributed by atoms with van der Waals surface area (Å²) in [5, 5.41) is 5.18. The summed E-state index contributed by atoms with van der Waals surface area (Å²) in [6.45, 7) is 7.79. The molecule has 1 fully saturated rings. The summed E-state index contributed by atoms with van der Waals surface area (Å²) in [5.74, 6) is 0.879. The third kappa shape index (κ3) is 5.19. The Balaban J connectivity index is 1.98. The molecule has 3 unspecified atom stereocenters. The number of nitrogens with one attached hydrogen (secondary N) is 1. The van der Waals surface area contributed by atoms with E-state index in [1.807, 2.05) is 11.8 Å². The van der Waals surface area contributed by atoms with E-state index in [0.29, 0.717) is 6.04 Å². The summed E-state index contributed by atoms with van der Waals surface area (Å²) in [4.78, 5) is 1.32. The monoisotopic (exact) mass is 325 g/mol. The fraction of sp³-hybridized carbons (Fsp3) is 0.667. The first-order valence-corrected chi connectivity index (χ1v) is 9.55. The zero-order valence-electron chi connectivity index (χ0n) is 13.5. The largest absolute Gasteiger partial charge is 0.310 e. The van der Waals surface area contributed by atoms with Crippen LogP contribution in [0, 0.1) is 5.92 Å². The molecule has 1 nitrogen and oxygen atoms in total. The van der Waals surface area contributed by atoms with E-state index < -0.39 is 0 Å². The molecule has 0 aromatic heterocycles. The Bertz CT molecular complexity index is 449. The number of thioether (sulfide) groups is 1. The van der Waals surface area contributed by atoms with Gasteiger partial charge < -0.3 is 5.32 Å². The van der Waals surface area contributed by atoms with Crippen LogP contribution in [0.4, 0.5) is 0 Å². The average Bonchev–Trinajstić information content (AvgIpc) is 2.45. The van der Waals surface area contributed by atoms with Gasteiger partial charge in [-0.25, -0.2) is 0 Å². The van der Waals surface area contributed by atoms with Crippen LogP contribution in [0.2, 0.25) is 5.02 Å². The molecule has 2 rings (SSSR count). The summed E-state index contributed by atoms with van der Waals surface area (Å²) < 4.78 is 0. The van der Waals surface area contributed by atoms with E-state index >= 15 is 0 Å². The Morgan fingerprint density at radius 2 is 2.19 bits per heavy atom. The second kappa shape index (κ2) is 8.45. The van der Waals surface area contributed by atoms with Gasteiger partial charge in [-0.1, -0.05) is 44.4 Å². The minimum Gasteiger partial charge on any atom is -0.310 e. The predicted octanol–water partition coefficient (Wildman–Crippen LogP) is 6.07. The van der Waals surface area contributed by atoms with Gasteiger partial charge in [0.25, 0.3) is 0 Å². The lowest BCUT2D eigenvalue weighted by atomic mass is 9.91. The van der Waals surface area contributed by atoms with Crippen molar-refractivity contribution in [3.63, 3.8) is 0 Å². The highest BCUT2D eigenvalue weighted by Crippen LogP contribution is 2.37. The van der Waals surface area contributed by atoms with E-state index in [1.165, 1.54) is 36.1 Å². The van der Waals surface area contributed by atoms with Crippen molar-refractivity contribution in [2.24, 2.45) is 5.92 Å². The van der Waals surface area contributed by atoms with Crippen molar-refractivity contribution in [1.82, 2.24) is 5.32 Å². The van der Waals surface area contributed by atoms with Crippen LogP contribution in [0.25, 0.3) is 0 Å². The smallest absolute Gasteiger partial charge is 0.0464 e. The second-order valence-electron chi connectivity index (χ2n) is 6.37. The van der Waals surface area contributed by atoms with Gasteiger partial charge in [-0.05, 0) is 56.3 Å². The van der Waals surface area contributed by atoms with Crippen molar-refractivity contribution >= 4 is 23.4 Å². The lowest BCUT2D eigenvalue weighted by Crippen LogP contribution is -2.19. The average molecular weight is 326 g/mol. The zero-order valence-corrected chi connectivity index (χ0v) is 15.1. The van der Waals surface area contributed by atoms with Gasteiger partial charge in [0.2, 0.25) is 0 Å². The molecule has 3 heteroatoms. The van der Waals surface area contributed by atoms with Gasteiger partial charge in [0, 0.05) is 21.2 Å². The van der Waals surface area contributed by atoms with Gasteiger partial charge in [-0.3, -0.25) is 0 Å². The number of halogens is 1. The van der Waals surface area contributed by atoms with Crippen LogP contribution in [0.15, 0.2) is 23.1 Å².